The standard InChI is InChI=1S/C10H20BrNO3S/c1-15-8-9-16(13,14)12(7-3-6-11)10-4-2-5-10/h10H,2-9H2,1H3. The van der Waals surface area contributed by atoms with Crippen molar-refractivity contribution >= 4 is 26.0 Å². The van der Waals surface area contributed by atoms with Crippen LogP contribution in [0.2, 0.25) is 0 Å². The van der Waals surface area contributed by atoms with Gasteiger partial charge in [-0.2, -0.15) is 4.31 Å². The Morgan fingerprint density at radius 2 is 2.12 bits per heavy atom. The van der Waals surface area contributed by atoms with Crippen LogP contribution in [0.25, 0.3) is 0 Å². The number of ether oxygens (including phenoxy) is 1. The van der Waals surface area contributed by atoms with Crippen LogP contribution in [-0.2, 0) is 14.8 Å². The lowest BCUT2D eigenvalue weighted by Gasteiger charge is -2.36. The lowest BCUT2D eigenvalue weighted by Crippen LogP contribution is -2.46. The van der Waals surface area contributed by atoms with Crippen molar-refractivity contribution in [2.45, 2.75) is 31.7 Å². The number of sulfonamides is 1. The minimum Gasteiger partial charge on any atom is -0.384 e. The number of methoxy groups -OCH3 is 1. The molecule has 0 unspecified atom stereocenters. The fourth-order valence-corrected chi connectivity index (χ4v) is 3.68. The van der Waals surface area contributed by atoms with Crippen molar-refractivity contribution in [3.63, 3.8) is 0 Å². The van der Waals surface area contributed by atoms with Crippen molar-refractivity contribution < 1.29 is 13.2 Å². The minimum absolute atomic E-state index is 0.0995. The van der Waals surface area contributed by atoms with Crippen molar-refractivity contribution in [3.05, 3.63) is 0 Å². The molecule has 0 heterocycles. The molecule has 0 spiro atoms. The molecule has 96 valence electrons. The molecule has 0 bridgehead atoms. The van der Waals surface area contributed by atoms with Crippen LogP contribution in [0, 0.1) is 0 Å². The second-order valence-corrected chi connectivity index (χ2v) is 6.88. The molecule has 1 aliphatic carbocycles. The van der Waals surface area contributed by atoms with Crippen molar-refractivity contribution in [1.29, 1.82) is 0 Å². The van der Waals surface area contributed by atoms with Gasteiger partial charge in [-0.05, 0) is 19.3 Å². The van der Waals surface area contributed by atoms with Crippen molar-refractivity contribution in [2.24, 2.45) is 0 Å². The Morgan fingerprint density at radius 3 is 2.56 bits per heavy atom. The number of halogens is 1. The number of alkyl halides is 1. The molecule has 0 saturated heterocycles. The van der Waals surface area contributed by atoms with Gasteiger partial charge in [0.1, 0.15) is 0 Å². The average Bonchev–Trinajstić information content (AvgIpc) is 2.18. The molecular formula is C10H20BrNO3S. The first-order chi connectivity index (χ1) is 7.61. The quantitative estimate of drug-likeness (QED) is 0.639. The fourth-order valence-electron chi connectivity index (χ4n) is 1.74. The molecule has 1 rings (SSSR count). The maximum absolute atomic E-state index is 12.1. The highest BCUT2D eigenvalue weighted by molar-refractivity contribution is 9.09. The van der Waals surface area contributed by atoms with E-state index in [1.165, 1.54) is 7.11 Å². The summed E-state index contributed by atoms with van der Waals surface area (Å²) in [5, 5.41) is 0.843. The molecule has 6 heteroatoms. The van der Waals surface area contributed by atoms with Gasteiger partial charge in [-0.1, -0.05) is 22.4 Å². The van der Waals surface area contributed by atoms with E-state index in [1.807, 2.05) is 0 Å². The number of hydrogen-bond donors (Lipinski definition) is 0. The molecule has 1 saturated carbocycles. The Hall–Kier alpha value is 0.350. The average molecular weight is 314 g/mol. The predicted molar refractivity (Wildman–Crippen MR) is 68.4 cm³/mol. The van der Waals surface area contributed by atoms with Crippen molar-refractivity contribution in [3.8, 4) is 0 Å². The third kappa shape index (κ3) is 3.98. The second-order valence-electron chi connectivity index (χ2n) is 4.05. The molecule has 0 atom stereocenters. The van der Waals surface area contributed by atoms with E-state index in [4.69, 9.17) is 4.74 Å². The van der Waals surface area contributed by atoms with Crippen LogP contribution in [0.5, 0.6) is 0 Å². The van der Waals surface area contributed by atoms with Gasteiger partial charge in [0.15, 0.2) is 0 Å². The van der Waals surface area contributed by atoms with Crippen LogP contribution in [0.15, 0.2) is 0 Å². The van der Waals surface area contributed by atoms with Crippen molar-refractivity contribution in [2.75, 3.05) is 31.3 Å². The largest absolute Gasteiger partial charge is 0.384 e. The highest BCUT2D eigenvalue weighted by atomic mass is 79.9. The smallest absolute Gasteiger partial charge is 0.216 e. The zero-order chi connectivity index (χ0) is 12.0. The monoisotopic (exact) mass is 313 g/mol. The van der Waals surface area contributed by atoms with Gasteiger partial charge in [-0.15, -0.1) is 0 Å². The summed E-state index contributed by atoms with van der Waals surface area (Å²) in [6, 6.07) is 0.237. The Balaban J connectivity index is 2.58. The van der Waals surface area contributed by atoms with E-state index in [2.05, 4.69) is 15.9 Å². The zero-order valence-electron chi connectivity index (χ0n) is 9.69. The van der Waals surface area contributed by atoms with Crippen LogP contribution in [0.1, 0.15) is 25.7 Å². The van der Waals surface area contributed by atoms with Crippen LogP contribution in [-0.4, -0.2) is 50.1 Å². The third-order valence-corrected chi connectivity index (χ3v) is 5.34. The van der Waals surface area contributed by atoms with Gasteiger partial charge >= 0.3 is 0 Å². The maximum atomic E-state index is 12.1. The van der Waals surface area contributed by atoms with Crippen LogP contribution in [0.4, 0.5) is 0 Å². The molecule has 0 aromatic rings. The second kappa shape index (κ2) is 6.93. The molecule has 0 aromatic heterocycles. The summed E-state index contributed by atoms with van der Waals surface area (Å²) in [6.45, 7) is 0.905. The van der Waals surface area contributed by atoms with E-state index in [1.54, 1.807) is 4.31 Å². The van der Waals surface area contributed by atoms with E-state index in [9.17, 15) is 8.42 Å². The Bertz CT molecular complexity index is 290. The van der Waals surface area contributed by atoms with E-state index in [-0.39, 0.29) is 18.4 Å². The Labute approximate surface area is 107 Å². The van der Waals surface area contributed by atoms with Crippen LogP contribution in [0.3, 0.4) is 0 Å². The molecule has 0 amide bonds. The lowest BCUT2D eigenvalue weighted by atomic mass is 9.93. The first-order valence-electron chi connectivity index (χ1n) is 5.66. The summed E-state index contributed by atoms with van der Waals surface area (Å²) >= 11 is 3.34. The molecule has 1 fully saturated rings. The highest BCUT2D eigenvalue weighted by Gasteiger charge is 2.32. The summed E-state index contributed by atoms with van der Waals surface area (Å²) < 4.78 is 30.6. The van der Waals surface area contributed by atoms with Gasteiger partial charge in [-0.25, -0.2) is 8.42 Å². The molecule has 0 radical (unpaired) electrons. The van der Waals surface area contributed by atoms with Crippen LogP contribution >= 0.6 is 15.9 Å². The topological polar surface area (TPSA) is 46.6 Å². The summed E-state index contributed by atoms with van der Waals surface area (Å²) in [4.78, 5) is 0. The van der Waals surface area contributed by atoms with Crippen LogP contribution < -0.4 is 0 Å². The van der Waals surface area contributed by atoms with Gasteiger partial charge in [-0.3, -0.25) is 0 Å². The van der Waals surface area contributed by atoms with E-state index in [0.717, 1.165) is 31.0 Å². The SMILES string of the molecule is COCCS(=O)(=O)N(CCCBr)C1CCC1. The molecule has 16 heavy (non-hydrogen) atoms. The minimum atomic E-state index is -3.13. The number of nitrogens with zero attached hydrogens (tertiary/aromatic N) is 1. The summed E-state index contributed by atoms with van der Waals surface area (Å²) in [6.07, 6.45) is 4.03. The Morgan fingerprint density at radius 1 is 1.44 bits per heavy atom. The zero-order valence-corrected chi connectivity index (χ0v) is 12.1. The molecule has 1 aliphatic rings. The van der Waals surface area contributed by atoms with Gasteiger partial charge in [0, 0.05) is 25.0 Å². The third-order valence-electron chi connectivity index (χ3n) is 2.90. The van der Waals surface area contributed by atoms with Gasteiger partial charge < -0.3 is 4.74 Å². The first kappa shape index (κ1) is 14.4. The molecule has 0 N–H and O–H groups in total. The first-order valence-corrected chi connectivity index (χ1v) is 8.39. The van der Waals surface area contributed by atoms with Crippen molar-refractivity contribution in [1.82, 2.24) is 4.31 Å². The van der Waals surface area contributed by atoms with E-state index in [0.29, 0.717) is 6.54 Å². The van der Waals surface area contributed by atoms with E-state index >= 15 is 0 Å². The predicted octanol–water partition coefficient (Wildman–Crippen LogP) is 1.60. The molecular weight excluding hydrogens is 294 g/mol. The van der Waals surface area contributed by atoms with Gasteiger partial charge in [0.05, 0.1) is 12.4 Å². The van der Waals surface area contributed by atoms with Gasteiger partial charge in [0.25, 0.3) is 0 Å². The normalized spacial score (nSPS) is 17.7. The summed E-state index contributed by atoms with van der Waals surface area (Å²) in [5.41, 5.74) is 0. The lowest BCUT2D eigenvalue weighted by molar-refractivity contribution is 0.202. The molecule has 4 nitrogen and oxygen atoms in total. The molecule has 0 aromatic carbocycles. The Kier molecular flexibility index (Phi) is 6.25. The summed E-state index contributed by atoms with van der Waals surface area (Å²) in [7, 11) is -1.60. The number of hydrogen-bond acceptors (Lipinski definition) is 3. The number of rotatable bonds is 8. The maximum Gasteiger partial charge on any atom is 0.216 e. The fraction of sp³-hybridized carbons (Fsp3) is 1.00. The molecule has 0 aliphatic heterocycles. The van der Waals surface area contributed by atoms with Gasteiger partial charge in [0.2, 0.25) is 10.0 Å². The summed E-state index contributed by atoms with van der Waals surface area (Å²) in [5.74, 6) is 0.0995. The highest BCUT2D eigenvalue weighted by Crippen LogP contribution is 2.27. The van der Waals surface area contributed by atoms with E-state index < -0.39 is 10.0 Å².